The molecule has 4 heterocycles. The number of para-hydroxylation sites is 1. The first-order chi connectivity index (χ1) is 14.1. The maximum absolute atomic E-state index is 13.1. The second-order valence-electron chi connectivity index (χ2n) is 7.68. The van der Waals surface area contributed by atoms with Gasteiger partial charge in [0.25, 0.3) is 5.91 Å². The second kappa shape index (κ2) is 6.92. The van der Waals surface area contributed by atoms with Gasteiger partial charge in [0.15, 0.2) is 0 Å². The number of carbonyl (C=O) groups excluding carboxylic acids is 2. The molecule has 29 heavy (non-hydrogen) atoms. The van der Waals surface area contributed by atoms with Gasteiger partial charge in [-0.1, -0.05) is 30.4 Å². The fourth-order valence-electron chi connectivity index (χ4n) is 4.20. The van der Waals surface area contributed by atoms with Gasteiger partial charge >= 0.3 is 0 Å². The van der Waals surface area contributed by atoms with Crippen molar-refractivity contribution >= 4 is 22.7 Å². The molecule has 5 rings (SSSR count). The topological polar surface area (TPSA) is 74.2 Å². The minimum atomic E-state index is -0.153. The number of nitrogens with zero attached hydrogens (tertiary/aromatic N) is 4. The van der Waals surface area contributed by atoms with Crippen LogP contribution in [-0.2, 0) is 17.8 Å². The Hall–Kier alpha value is -3.35. The van der Waals surface area contributed by atoms with Crippen LogP contribution < -0.4 is 0 Å². The van der Waals surface area contributed by atoms with Gasteiger partial charge < -0.3 is 19.4 Å². The molecule has 0 saturated heterocycles. The largest absolute Gasteiger partial charge is 0.351 e. The Bertz CT molecular complexity index is 1080. The standard InChI is InChI=1S/C22H23N5O2/c1-15-21-23-17(13-20(28)25-8-4-5-9-25)14-26(21)10-11-27(15)22(29)19-12-16-6-2-3-7-18(16)24-19/h2-7,12,14-15,24H,8-11,13H2,1H3/t15-/m1/s1. The molecule has 7 heteroatoms. The van der Waals surface area contributed by atoms with Crippen molar-refractivity contribution in [1.82, 2.24) is 24.3 Å². The molecule has 0 aliphatic carbocycles. The number of hydrogen-bond acceptors (Lipinski definition) is 3. The quantitative estimate of drug-likeness (QED) is 0.700. The average molecular weight is 389 g/mol. The summed E-state index contributed by atoms with van der Waals surface area (Å²) in [5, 5.41) is 1.03. The third-order valence-electron chi connectivity index (χ3n) is 5.80. The first-order valence-corrected chi connectivity index (χ1v) is 9.97. The Labute approximate surface area is 168 Å². The van der Waals surface area contributed by atoms with Gasteiger partial charge in [0.2, 0.25) is 5.91 Å². The lowest BCUT2D eigenvalue weighted by Gasteiger charge is -2.33. The van der Waals surface area contributed by atoms with Crippen LogP contribution in [-0.4, -0.2) is 55.8 Å². The highest BCUT2D eigenvalue weighted by Crippen LogP contribution is 2.27. The van der Waals surface area contributed by atoms with Crippen molar-refractivity contribution in [3.8, 4) is 0 Å². The molecule has 148 valence electrons. The molecule has 0 bridgehead atoms. The molecular formula is C22H23N5O2. The van der Waals surface area contributed by atoms with E-state index in [-0.39, 0.29) is 17.9 Å². The number of H-pyrrole nitrogens is 1. The summed E-state index contributed by atoms with van der Waals surface area (Å²) in [7, 11) is 0. The minimum absolute atomic E-state index is 0.0243. The van der Waals surface area contributed by atoms with Crippen LogP contribution in [0.3, 0.4) is 0 Å². The van der Waals surface area contributed by atoms with Gasteiger partial charge in [-0.25, -0.2) is 4.98 Å². The Morgan fingerprint density at radius 2 is 1.97 bits per heavy atom. The summed E-state index contributed by atoms with van der Waals surface area (Å²) in [5.41, 5.74) is 2.32. The van der Waals surface area contributed by atoms with Gasteiger partial charge in [0.1, 0.15) is 11.5 Å². The summed E-state index contributed by atoms with van der Waals surface area (Å²) in [4.78, 5) is 37.1. The number of amides is 2. The molecule has 1 aromatic carbocycles. The highest BCUT2D eigenvalue weighted by Gasteiger charge is 2.31. The van der Waals surface area contributed by atoms with Gasteiger partial charge in [-0.05, 0) is 19.1 Å². The maximum atomic E-state index is 13.1. The number of aromatic amines is 1. The lowest BCUT2D eigenvalue weighted by molar-refractivity contribution is -0.129. The average Bonchev–Trinajstić information content (AvgIpc) is 3.46. The van der Waals surface area contributed by atoms with Crippen LogP contribution in [0.4, 0.5) is 0 Å². The van der Waals surface area contributed by atoms with E-state index in [1.54, 1.807) is 0 Å². The third-order valence-corrected chi connectivity index (χ3v) is 5.80. The fraction of sp³-hybridized carbons (Fsp3) is 0.318. The van der Waals surface area contributed by atoms with Crippen molar-refractivity contribution in [3.05, 3.63) is 65.9 Å². The summed E-state index contributed by atoms with van der Waals surface area (Å²) >= 11 is 0. The fourth-order valence-corrected chi connectivity index (χ4v) is 4.20. The lowest BCUT2D eigenvalue weighted by atomic mass is 10.2. The first-order valence-electron chi connectivity index (χ1n) is 9.97. The highest BCUT2D eigenvalue weighted by molar-refractivity contribution is 5.98. The number of aromatic nitrogens is 3. The Balaban J connectivity index is 1.34. The van der Waals surface area contributed by atoms with E-state index < -0.39 is 0 Å². The van der Waals surface area contributed by atoms with E-state index in [1.807, 2.05) is 65.4 Å². The number of rotatable bonds is 3. The number of nitrogens with one attached hydrogen (secondary N) is 1. The molecular weight excluding hydrogens is 366 g/mol. The molecule has 2 amide bonds. The Kier molecular flexibility index (Phi) is 4.23. The zero-order chi connectivity index (χ0) is 20.0. The molecule has 2 aliphatic heterocycles. The summed E-state index contributed by atoms with van der Waals surface area (Å²) in [5.74, 6) is 0.899. The van der Waals surface area contributed by atoms with Crippen molar-refractivity contribution < 1.29 is 9.59 Å². The van der Waals surface area contributed by atoms with Crippen LogP contribution in [0.5, 0.6) is 0 Å². The van der Waals surface area contributed by atoms with Crippen LogP contribution in [0.15, 0.2) is 48.7 Å². The molecule has 0 radical (unpaired) electrons. The van der Waals surface area contributed by atoms with E-state index in [0.29, 0.717) is 38.3 Å². The molecule has 3 aromatic rings. The minimum Gasteiger partial charge on any atom is -0.351 e. The van der Waals surface area contributed by atoms with Gasteiger partial charge in [0, 0.05) is 43.3 Å². The van der Waals surface area contributed by atoms with Crippen LogP contribution in [0.1, 0.15) is 35.0 Å². The number of imidazole rings is 1. The second-order valence-corrected chi connectivity index (χ2v) is 7.68. The zero-order valence-electron chi connectivity index (χ0n) is 16.3. The van der Waals surface area contributed by atoms with Crippen LogP contribution in [0.2, 0.25) is 0 Å². The summed E-state index contributed by atoms with van der Waals surface area (Å²) in [6, 6.07) is 9.63. The van der Waals surface area contributed by atoms with Gasteiger partial charge in [-0.3, -0.25) is 9.59 Å². The predicted molar refractivity (Wildman–Crippen MR) is 109 cm³/mol. The Morgan fingerprint density at radius 3 is 2.76 bits per heavy atom. The summed E-state index contributed by atoms with van der Waals surface area (Å²) in [6.45, 7) is 4.64. The molecule has 0 spiro atoms. The summed E-state index contributed by atoms with van der Waals surface area (Å²) < 4.78 is 2.07. The first kappa shape index (κ1) is 17.7. The monoisotopic (exact) mass is 389 g/mol. The highest BCUT2D eigenvalue weighted by atomic mass is 16.2. The van der Waals surface area contributed by atoms with Crippen molar-refractivity contribution in [2.75, 3.05) is 19.6 Å². The van der Waals surface area contributed by atoms with Gasteiger partial charge in [0.05, 0.1) is 18.2 Å². The normalized spacial score (nSPS) is 18.4. The van der Waals surface area contributed by atoms with Crippen molar-refractivity contribution in [3.63, 3.8) is 0 Å². The third kappa shape index (κ3) is 3.12. The lowest BCUT2D eigenvalue weighted by Crippen LogP contribution is -2.41. The SMILES string of the molecule is C[C@@H]1c2nc(CC(=O)N3CC=CC3)cn2CCN1C(=O)c1cc2ccccc2[nH]1. The van der Waals surface area contributed by atoms with Crippen LogP contribution in [0.25, 0.3) is 10.9 Å². The van der Waals surface area contributed by atoms with E-state index in [0.717, 1.165) is 22.4 Å². The van der Waals surface area contributed by atoms with E-state index in [4.69, 9.17) is 4.98 Å². The smallest absolute Gasteiger partial charge is 0.270 e. The molecule has 1 atom stereocenters. The van der Waals surface area contributed by atoms with Crippen LogP contribution >= 0.6 is 0 Å². The van der Waals surface area contributed by atoms with E-state index in [1.165, 1.54) is 0 Å². The Morgan fingerprint density at radius 1 is 1.17 bits per heavy atom. The zero-order valence-corrected chi connectivity index (χ0v) is 16.3. The van der Waals surface area contributed by atoms with E-state index >= 15 is 0 Å². The van der Waals surface area contributed by atoms with Gasteiger partial charge in [-0.2, -0.15) is 0 Å². The molecule has 2 aliphatic rings. The molecule has 1 N–H and O–H groups in total. The molecule has 7 nitrogen and oxygen atoms in total. The van der Waals surface area contributed by atoms with E-state index in [9.17, 15) is 9.59 Å². The maximum Gasteiger partial charge on any atom is 0.270 e. The van der Waals surface area contributed by atoms with Crippen molar-refractivity contribution in [2.24, 2.45) is 0 Å². The predicted octanol–water partition coefficient (Wildman–Crippen LogP) is 2.52. The molecule has 2 aromatic heterocycles. The number of hydrogen-bond donors (Lipinski definition) is 1. The van der Waals surface area contributed by atoms with Crippen LogP contribution in [0, 0.1) is 0 Å². The number of benzene rings is 1. The molecule has 0 fully saturated rings. The number of fused-ring (bicyclic) bond motifs is 2. The molecule has 0 unspecified atom stereocenters. The molecule has 0 saturated carbocycles. The van der Waals surface area contributed by atoms with Gasteiger partial charge in [-0.15, -0.1) is 0 Å². The van der Waals surface area contributed by atoms with E-state index in [2.05, 4.69) is 9.55 Å². The van der Waals surface area contributed by atoms with Crippen molar-refractivity contribution in [1.29, 1.82) is 0 Å². The number of carbonyl (C=O) groups is 2. The summed E-state index contributed by atoms with van der Waals surface area (Å²) in [6.07, 6.45) is 6.26. The van der Waals surface area contributed by atoms with Crippen molar-refractivity contribution in [2.45, 2.75) is 25.9 Å².